The zero-order valence-corrected chi connectivity index (χ0v) is 18.3. The third kappa shape index (κ3) is 3.65. The number of aromatic nitrogens is 2. The SMILES string of the molecule is COc1c(Cl)cccc1Nc1c2[nH]c3c1C(=O)NC[C@@H]3CCOCCOc1cnccc1-2. The first-order valence-corrected chi connectivity index (χ1v) is 10.8. The van der Waals surface area contributed by atoms with Gasteiger partial charge in [0, 0.05) is 36.5 Å². The quantitative estimate of drug-likeness (QED) is 0.551. The van der Waals surface area contributed by atoms with E-state index in [1.165, 1.54) is 0 Å². The van der Waals surface area contributed by atoms with Crippen LogP contribution in [0.3, 0.4) is 0 Å². The van der Waals surface area contributed by atoms with Gasteiger partial charge in [-0.3, -0.25) is 9.78 Å². The highest BCUT2D eigenvalue weighted by molar-refractivity contribution is 6.32. The lowest BCUT2D eigenvalue weighted by Gasteiger charge is -2.24. The lowest BCUT2D eigenvalue weighted by molar-refractivity contribution is 0.0884. The number of benzene rings is 1. The molecular formula is C23H23ClN4O4. The summed E-state index contributed by atoms with van der Waals surface area (Å²) in [7, 11) is 1.56. The summed E-state index contributed by atoms with van der Waals surface area (Å²) in [6.07, 6.45) is 4.14. The number of rotatable bonds is 3. The maximum Gasteiger partial charge on any atom is 0.255 e. The van der Waals surface area contributed by atoms with Crippen molar-refractivity contribution in [2.45, 2.75) is 12.3 Å². The van der Waals surface area contributed by atoms with Gasteiger partial charge < -0.3 is 29.8 Å². The number of pyridine rings is 1. The normalized spacial score (nSPS) is 17.8. The molecule has 1 aromatic carbocycles. The number of hydrogen-bond donors (Lipinski definition) is 3. The van der Waals surface area contributed by atoms with Crippen LogP contribution >= 0.6 is 11.6 Å². The summed E-state index contributed by atoms with van der Waals surface area (Å²) in [5.74, 6) is 1.06. The first kappa shape index (κ1) is 20.7. The van der Waals surface area contributed by atoms with E-state index in [1.54, 1.807) is 25.6 Å². The van der Waals surface area contributed by atoms with Crippen molar-refractivity contribution in [2.24, 2.45) is 0 Å². The minimum absolute atomic E-state index is 0.101. The summed E-state index contributed by atoms with van der Waals surface area (Å²) in [4.78, 5) is 20.8. The molecule has 0 spiro atoms. The second kappa shape index (κ2) is 8.72. The van der Waals surface area contributed by atoms with E-state index in [0.29, 0.717) is 59.8 Å². The molecular weight excluding hydrogens is 432 g/mol. The average Bonchev–Trinajstić information content (AvgIpc) is 3.17. The van der Waals surface area contributed by atoms with Crippen molar-refractivity contribution in [3.8, 4) is 22.8 Å². The molecule has 4 heterocycles. The molecule has 0 radical (unpaired) electrons. The Kier molecular flexibility index (Phi) is 5.63. The molecule has 2 aromatic heterocycles. The number of carbonyl (C=O) groups is 1. The van der Waals surface area contributed by atoms with Gasteiger partial charge in [-0.25, -0.2) is 0 Å². The third-order valence-electron chi connectivity index (χ3n) is 5.75. The highest BCUT2D eigenvalue weighted by Gasteiger charge is 2.33. The summed E-state index contributed by atoms with van der Waals surface area (Å²) in [5, 5.41) is 6.90. The molecule has 3 aromatic rings. The fourth-order valence-electron chi connectivity index (χ4n) is 4.23. The van der Waals surface area contributed by atoms with E-state index in [2.05, 4.69) is 20.6 Å². The van der Waals surface area contributed by atoms with Crippen molar-refractivity contribution in [3.05, 3.63) is 52.9 Å². The highest BCUT2D eigenvalue weighted by atomic mass is 35.5. The van der Waals surface area contributed by atoms with Gasteiger partial charge in [0.15, 0.2) is 5.75 Å². The summed E-state index contributed by atoms with van der Waals surface area (Å²) in [6, 6.07) is 7.31. The molecule has 0 aliphatic carbocycles. The average molecular weight is 455 g/mol. The van der Waals surface area contributed by atoms with Crippen molar-refractivity contribution in [2.75, 3.05) is 38.8 Å². The van der Waals surface area contributed by atoms with E-state index in [-0.39, 0.29) is 11.8 Å². The number of anilines is 2. The van der Waals surface area contributed by atoms with Crippen LogP contribution in [0.25, 0.3) is 11.3 Å². The molecule has 5 rings (SSSR count). The van der Waals surface area contributed by atoms with E-state index < -0.39 is 0 Å². The fourth-order valence-corrected chi connectivity index (χ4v) is 4.48. The fraction of sp³-hybridized carbons (Fsp3) is 0.304. The number of halogens is 1. The Balaban J connectivity index is 1.73. The summed E-state index contributed by atoms with van der Waals surface area (Å²) in [5.41, 5.74) is 4.28. The van der Waals surface area contributed by atoms with E-state index in [4.69, 9.17) is 25.8 Å². The van der Waals surface area contributed by atoms with Crippen LogP contribution in [0.1, 0.15) is 28.4 Å². The standard InChI is InChI=1S/C23H23ClN4O4/c1-30-22-15(24)3-2-4-16(22)27-21-18-19-13(11-26-23(18)29)6-8-31-9-10-32-17-12-25-7-5-14(17)20(21)28-19/h2-5,7,12-13,27-28H,6,8-11H2,1H3,(H,26,29)/t13-/m0/s1. The van der Waals surface area contributed by atoms with Crippen molar-refractivity contribution < 1.29 is 19.0 Å². The molecule has 9 heteroatoms. The molecule has 0 fully saturated rings. The van der Waals surface area contributed by atoms with E-state index in [9.17, 15) is 4.79 Å². The monoisotopic (exact) mass is 454 g/mol. The van der Waals surface area contributed by atoms with Gasteiger partial charge in [0.2, 0.25) is 0 Å². The molecule has 0 saturated heterocycles. The van der Waals surface area contributed by atoms with Crippen molar-refractivity contribution >= 4 is 28.9 Å². The van der Waals surface area contributed by atoms with Gasteiger partial charge in [-0.15, -0.1) is 0 Å². The molecule has 8 nitrogen and oxygen atoms in total. The maximum absolute atomic E-state index is 13.0. The Morgan fingerprint density at radius 1 is 1.25 bits per heavy atom. The van der Waals surface area contributed by atoms with Crippen LogP contribution in [0, 0.1) is 0 Å². The topological polar surface area (TPSA) is 97.5 Å². The first-order chi connectivity index (χ1) is 15.7. The van der Waals surface area contributed by atoms with Crippen LogP contribution in [-0.2, 0) is 4.74 Å². The zero-order valence-electron chi connectivity index (χ0n) is 17.5. The van der Waals surface area contributed by atoms with Crippen LogP contribution < -0.4 is 20.1 Å². The van der Waals surface area contributed by atoms with Crippen LogP contribution in [0.5, 0.6) is 11.5 Å². The minimum Gasteiger partial charge on any atom is -0.493 e. The Morgan fingerprint density at radius 2 is 2.16 bits per heavy atom. The summed E-state index contributed by atoms with van der Waals surface area (Å²) < 4.78 is 17.2. The molecule has 2 aliphatic rings. The molecule has 0 unspecified atom stereocenters. The van der Waals surface area contributed by atoms with Crippen LogP contribution in [-0.4, -0.2) is 49.4 Å². The Hall–Kier alpha value is -3.23. The Labute approximate surface area is 190 Å². The maximum atomic E-state index is 13.0. The smallest absolute Gasteiger partial charge is 0.255 e. The minimum atomic E-state index is -0.144. The van der Waals surface area contributed by atoms with Gasteiger partial charge in [0.05, 0.1) is 47.6 Å². The molecule has 32 heavy (non-hydrogen) atoms. The van der Waals surface area contributed by atoms with E-state index >= 15 is 0 Å². The predicted octanol–water partition coefficient (Wildman–Crippen LogP) is 4.11. The lowest BCUT2D eigenvalue weighted by atomic mass is 9.93. The van der Waals surface area contributed by atoms with Gasteiger partial charge in [0.25, 0.3) is 5.91 Å². The number of para-hydroxylation sites is 1. The van der Waals surface area contributed by atoms with Gasteiger partial charge in [0.1, 0.15) is 12.4 Å². The van der Waals surface area contributed by atoms with Gasteiger partial charge in [-0.2, -0.15) is 0 Å². The van der Waals surface area contributed by atoms with E-state index in [0.717, 1.165) is 23.4 Å². The van der Waals surface area contributed by atoms with Crippen molar-refractivity contribution in [1.82, 2.24) is 15.3 Å². The van der Waals surface area contributed by atoms with Crippen LogP contribution in [0.2, 0.25) is 5.02 Å². The second-order valence-corrected chi connectivity index (χ2v) is 8.04. The number of carbonyl (C=O) groups excluding carboxylic acids is 1. The molecule has 2 aliphatic heterocycles. The molecule has 0 saturated carbocycles. The Bertz CT molecular complexity index is 1160. The van der Waals surface area contributed by atoms with Gasteiger partial charge >= 0.3 is 0 Å². The molecule has 1 atom stereocenters. The Morgan fingerprint density at radius 3 is 3.03 bits per heavy atom. The molecule has 2 bridgehead atoms. The zero-order chi connectivity index (χ0) is 22.1. The number of methoxy groups -OCH3 is 1. The molecule has 3 N–H and O–H groups in total. The summed E-state index contributed by atoms with van der Waals surface area (Å²) >= 11 is 6.34. The van der Waals surface area contributed by atoms with Crippen LogP contribution in [0.15, 0.2) is 36.7 Å². The number of nitrogens with zero attached hydrogens (tertiary/aromatic N) is 1. The van der Waals surface area contributed by atoms with Gasteiger partial charge in [-0.1, -0.05) is 17.7 Å². The number of hydrogen-bond acceptors (Lipinski definition) is 6. The predicted molar refractivity (Wildman–Crippen MR) is 121 cm³/mol. The van der Waals surface area contributed by atoms with Gasteiger partial charge in [-0.05, 0) is 24.6 Å². The first-order valence-electron chi connectivity index (χ1n) is 10.5. The third-order valence-corrected chi connectivity index (χ3v) is 6.05. The number of H-pyrrole nitrogens is 1. The second-order valence-electron chi connectivity index (χ2n) is 7.64. The number of amides is 1. The van der Waals surface area contributed by atoms with Crippen molar-refractivity contribution in [1.29, 1.82) is 0 Å². The van der Waals surface area contributed by atoms with Crippen molar-refractivity contribution in [3.63, 3.8) is 0 Å². The number of nitrogens with one attached hydrogen (secondary N) is 3. The summed E-state index contributed by atoms with van der Waals surface area (Å²) in [6.45, 7) is 2.01. The number of aromatic amines is 1. The lowest BCUT2D eigenvalue weighted by Crippen LogP contribution is -2.35. The molecule has 166 valence electrons. The number of fused-ring (bicyclic) bond motifs is 3. The van der Waals surface area contributed by atoms with Crippen LogP contribution in [0.4, 0.5) is 11.4 Å². The largest absolute Gasteiger partial charge is 0.493 e. The number of ether oxygens (including phenoxy) is 3. The highest BCUT2D eigenvalue weighted by Crippen LogP contribution is 2.44. The molecule has 1 amide bonds. The van der Waals surface area contributed by atoms with E-state index in [1.807, 2.05) is 18.2 Å².